The molecule has 4 heterocycles. The van der Waals surface area contributed by atoms with Gasteiger partial charge in [-0.05, 0) is 56.2 Å². The number of hydrogen-bond donors (Lipinski definition) is 0. The van der Waals surface area contributed by atoms with Crippen LogP contribution in [0.2, 0.25) is 0 Å². The fourth-order valence-corrected chi connectivity index (χ4v) is 4.39. The van der Waals surface area contributed by atoms with Crippen LogP contribution in [0.25, 0.3) is 22.0 Å². The van der Waals surface area contributed by atoms with Gasteiger partial charge in [0, 0.05) is 49.2 Å². The topological polar surface area (TPSA) is 65.2 Å². The van der Waals surface area contributed by atoms with Crippen molar-refractivity contribution in [3.05, 3.63) is 76.2 Å². The maximum Gasteiger partial charge on any atom is 0.416 e. The number of ether oxygens (including phenoxy) is 1. The molecule has 1 aliphatic carbocycles. The van der Waals surface area contributed by atoms with Gasteiger partial charge < -0.3 is 14.2 Å². The summed E-state index contributed by atoms with van der Waals surface area (Å²) in [5.41, 5.74) is -0.682. The summed E-state index contributed by atoms with van der Waals surface area (Å²) >= 11 is 0. The van der Waals surface area contributed by atoms with Gasteiger partial charge in [0.15, 0.2) is 0 Å². The van der Waals surface area contributed by atoms with Gasteiger partial charge in [0.2, 0.25) is 0 Å². The molecule has 11 heteroatoms. The number of anilines is 1. The van der Waals surface area contributed by atoms with Crippen molar-refractivity contribution in [3.8, 4) is 11.3 Å². The quantitative estimate of drug-likeness (QED) is 0.345. The predicted molar refractivity (Wildman–Crippen MR) is 136 cm³/mol. The first kappa shape index (κ1) is 25.9. The molecule has 4 aromatic rings. The molecule has 200 valence electrons. The summed E-state index contributed by atoms with van der Waals surface area (Å²) < 4.78 is 62.5. The van der Waals surface area contributed by atoms with E-state index >= 15 is 0 Å². The summed E-state index contributed by atoms with van der Waals surface area (Å²) in [4.78, 5) is 19.4. The van der Waals surface area contributed by atoms with Crippen molar-refractivity contribution in [2.75, 3.05) is 31.2 Å². The van der Waals surface area contributed by atoms with Crippen molar-refractivity contribution in [1.29, 1.82) is 0 Å². The molecule has 2 aliphatic rings. The zero-order valence-electron chi connectivity index (χ0n) is 21.0. The van der Waals surface area contributed by atoms with Crippen LogP contribution >= 0.6 is 0 Å². The van der Waals surface area contributed by atoms with E-state index in [0.717, 1.165) is 18.2 Å². The Labute approximate surface area is 216 Å². The second-order valence-electron chi connectivity index (χ2n) is 9.45. The lowest BCUT2D eigenvalue weighted by atomic mass is 10.0. The molecule has 0 atom stereocenters. The molecule has 1 saturated heterocycles. The van der Waals surface area contributed by atoms with E-state index in [1.807, 2.05) is 28.0 Å². The first-order valence-electron chi connectivity index (χ1n) is 12.3. The number of morpholine rings is 1. The number of hydrogen-bond acceptors (Lipinski definition) is 5. The number of halogens is 4. The minimum Gasteiger partial charge on any atom is -0.378 e. The minimum absolute atomic E-state index is 0.0873. The van der Waals surface area contributed by atoms with Gasteiger partial charge in [-0.25, -0.2) is 9.37 Å². The highest BCUT2D eigenvalue weighted by Gasteiger charge is 2.31. The van der Waals surface area contributed by atoms with Crippen LogP contribution in [0.5, 0.6) is 0 Å². The highest BCUT2D eigenvalue weighted by Crippen LogP contribution is 2.36. The monoisotopic (exact) mass is 529 g/mol. The Morgan fingerprint density at radius 1 is 1.05 bits per heavy atom. The molecule has 0 radical (unpaired) electrons. The average molecular weight is 530 g/mol. The van der Waals surface area contributed by atoms with E-state index in [-0.39, 0.29) is 16.8 Å². The van der Waals surface area contributed by atoms with E-state index in [0.29, 0.717) is 54.7 Å². The van der Waals surface area contributed by atoms with Crippen LogP contribution in [0, 0.1) is 12.7 Å². The third-order valence-electron chi connectivity index (χ3n) is 6.79. The molecule has 1 saturated carbocycles. The number of nitrogens with zero attached hydrogens (tertiary/aromatic N) is 5. The lowest BCUT2D eigenvalue weighted by Gasteiger charge is -2.28. The number of alkyl halides is 3. The molecule has 6 rings (SSSR count). The molecular weight excluding hydrogens is 502 g/mol. The maximum absolute atomic E-state index is 14.8. The third-order valence-corrected chi connectivity index (χ3v) is 6.79. The summed E-state index contributed by atoms with van der Waals surface area (Å²) in [6.45, 7) is 3.77. The highest BCUT2D eigenvalue weighted by atomic mass is 19.4. The van der Waals surface area contributed by atoms with Crippen molar-refractivity contribution in [2.45, 2.75) is 32.0 Å². The highest BCUT2D eigenvalue weighted by molar-refractivity contribution is 5.96. The van der Waals surface area contributed by atoms with Crippen LogP contribution in [0.4, 0.5) is 23.4 Å². The van der Waals surface area contributed by atoms with Crippen molar-refractivity contribution in [2.24, 2.45) is 7.05 Å². The lowest BCUT2D eigenvalue weighted by molar-refractivity contribution is -0.137. The van der Waals surface area contributed by atoms with Gasteiger partial charge in [-0.2, -0.15) is 18.3 Å². The van der Waals surface area contributed by atoms with E-state index < -0.39 is 17.6 Å². The molecule has 1 aromatic carbocycles. The molecule has 2 fully saturated rings. The Balaban J connectivity index is 0.000000310. The smallest absolute Gasteiger partial charge is 0.378 e. The fourth-order valence-electron chi connectivity index (χ4n) is 4.39. The van der Waals surface area contributed by atoms with Crippen molar-refractivity contribution < 1.29 is 22.3 Å². The van der Waals surface area contributed by atoms with Crippen LogP contribution in [0.3, 0.4) is 0 Å². The van der Waals surface area contributed by atoms with Gasteiger partial charge in [0.1, 0.15) is 11.6 Å². The second-order valence-corrected chi connectivity index (χ2v) is 9.45. The van der Waals surface area contributed by atoms with E-state index in [2.05, 4.69) is 10.1 Å². The van der Waals surface area contributed by atoms with Gasteiger partial charge in [-0.15, -0.1) is 0 Å². The Kier molecular flexibility index (Phi) is 6.95. The molecule has 0 amide bonds. The van der Waals surface area contributed by atoms with Crippen LogP contribution in [-0.4, -0.2) is 45.6 Å². The van der Waals surface area contributed by atoms with Crippen LogP contribution < -0.4 is 10.5 Å². The predicted octanol–water partition coefficient (Wildman–Crippen LogP) is 5.12. The molecule has 3 aromatic heterocycles. The van der Waals surface area contributed by atoms with Crippen molar-refractivity contribution in [3.63, 3.8) is 0 Å². The molecular formula is C27H27F4N5O2. The molecule has 38 heavy (non-hydrogen) atoms. The lowest BCUT2D eigenvalue weighted by Crippen LogP contribution is -2.37. The largest absolute Gasteiger partial charge is 0.416 e. The van der Waals surface area contributed by atoms with Gasteiger partial charge in [-0.1, -0.05) is 0 Å². The van der Waals surface area contributed by atoms with Gasteiger partial charge >= 0.3 is 6.18 Å². The van der Waals surface area contributed by atoms with Gasteiger partial charge in [-0.3, -0.25) is 9.48 Å². The Morgan fingerprint density at radius 2 is 1.79 bits per heavy atom. The first-order chi connectivity index (χ1) is 18.1. The van der Waals surface area contributed by atoms with Crippen molar-refractivity contribution in [1.82, 2.24) is 19.3 Å². The Bertz CT molecular complexity index is 1500. The summed E-state index contributed by atoms with van der Waals surface area (Å²) in [5, 5.41) is 4.82. The normalized spacial score (nSPS) is 15.9. The average Bonchev–Trinajstić information content (AvgIpc) is 3.61. The maximum atomic E-state index is 14.8. The van der Waals surface area contributed by atoms with Crippen LogP contribution in [-0.2, 0) is 18.0 Å². The number of aryl methyl sites for hydroxylation is 1. The molecule has 0 spiro atoms. The third kappa shape index (κ3) is 5.28. The van der Waals surface area contributed by atoms with Crippen LogP contribution in [0.15, 0.2) is 53.6 Å². The summed E-state index contributed by atoms with van der Waals surface area (Å²) in [6, 6.07) is 8.39. The Morgan fingerprint density at radius 3 is 2.39 bits per heavy atom. The minimum atomic E-state index is -4.66. The number of aromatic nitrogens is 4. The summed E-state index contributed by atoms with van der Waals surface area (Å²) in [7, 11) is 1.63. The van der Waals surface area contributed by atoms with Crippen LogP contribution in [0.1, 0.15) is 30.1 Å². The number of fused-ring (bicyclic) bond motifs is 1. The molecule has 0 unspecified atom stereocenters. The van der Waals surface area contributed by atoms with E-state index in [1.54, 1.807) is 26.1 Å². The summed E-state index contributed by atoms with van der Waals surface area (Å²) in [5.74, 6) is -0.586. The van der Waals surface area contributed by atoms with E-state index in [1.165, 1.54) is 17.4 Å². The molecule has 1 aliphatic heterocycles. The SMILES string of the molecule is Cc1cc2c(-c3ccc(C(F)(F)F)cc3F)nc(N3CCOCC3)cc2c(=O)n1C.c1cnn(C2CC2)c1. The Hall–Kier alpha value is -3.73. The van der Waals surface area contributed by atoms with E-state index in [9.17, 15) is 22.4 Å². The molecule has 0 N–H and O–H groups in total. The number of benzene rings is 1. The van der Waals surface area contributed by atoms with Gasteiger partial charge in [0.05, 0.1) is 35.9 Å². The summed E-state index contributed by atoms with van der Waals surface area (Å²) in [6.07, 6.45) is 1.84. The standard InChI is InChI=1S/C21H19F4N3O2.C6H8N2/c1-12-9-15-16(20(29)27(12)2)11-18(28-5-7-30-8-6-28)26-19(15)14-4-3-13(10-17(14)22)21(23,24)25;1-4-7-8(5-1)6-2-3-6/h3-4,9-11H,5-8H2,1-2H3;1,4-6H,2-3H2. The van der Waals surface area contributed by atoms with Gasteiger partial charge in [0.25, 0.3) is 5.56 Å². The van der Waals surface area contributed by atoms with E-state index in [4.69, 9.17) is 4.74 Å². The first-order valence-corrected chi connectivity index (χ1v) is 12.3. The second kappa shape index (κ2) is 10.2. The molecule has 7 nitrogen and oxygen atoms in total. The zero-order chi connectivity index (χ0) is 27.0. The fraction of sp³-hybridized carbons (Fsp3) is 0.370. The van der Waals surface area contributed by atoms with Crippen molar-refractivity contribution >= 4 is 16.6 Å². The zero-order valence-corrected chi connectivity index (χ0v) is 21.0. The number of rotatable bonds is 3. The number of pyridine rings is 2. The molecule has 0 bridgehead atoms.